The minimum absolute atomic E-state index is 0.322. The third kappa shape index (κ3) is 7.09. The summed E-state index contributed by atoms with van der Waals surface area (Å²) < 4.78 is 20.2. The van der Waals surface area contributed by atoms with Crippen molar-refractivity contribution < 1.29 is 9.13 Å². The number of benzene rings is 1. The van der Waals surface area contributed by atoms with Crippen LogP contribution in [-0.4, -0.2) is 16.6 Å². The van der Waals surface area contributed by atoms with Crippen molar-refractivity contribution in [2.24, 2.45) is 5.92 Å². The molecule has 4 heteroatoms. The Morgan fingerprint density at radius 1 is 1.00 bits per heavy atom. The third-order valence-electron chi connectivity index (χ3n) is 5.75. The molecule has 0 aliphatic heterocycles. The average Bonchev–Trinajstić information content (AvgIpc) is 2.76. The zero-order chi connectivity index (χ0) is 20.3. The zero-order valence-corrected chi connectivity index (χ0v) is 17.7. The molecule has 3 nitrogen and oxygen atoms in total. The molecule has 1 heterocycles. The molecule has 157 valence electrons. The molecule has 29 heavy (non-hydrogen) atoms. The molecule has 0 atom stereocenters. The molecule has 0 amide bonds. The van der Waals surface area contributed by atoms with Crippen LogP contribution in [-0.2, 0) is 6.42 Å². The molecule has 1 fully saturated rings. The Bertz CT molecular complexity index is 726. The van der Waals surface area contributed by atoms with Crippen molar-refractivity contribution in [3.63, 3.8) is 0 Å². The average molecular weight is 398 g/mol. The van der Waals surface area contributed by atoms with E-state index in [1.165, 1.54) is 44.6 Å². The van der Waals surface area contributed by atoms with Crippen LogP contribution < -0.4 is 4.74 Å². The summed E-state index contributed by atoms with van der Waals surface area (Å²) in [6.07, 6.45) is 19.3. The van der Waals surface area contributed by atoms with Crippen molar-refractivity contribution in [2.75, 3.05) is 6.61 Å². The van der Waals surface area contributed by atoms with Crippen molar-refractivity contribution >= 4 is 0 Å². The van der Waals surface area contributed by atoms with Crippen LogP contribution in [0.2, 0.25) is 0 Å². The Hall–Kier alpha value is -1.97. The molecule has 0 spiro atoms. The first-order valence-corrected chi connectivity index (χ1v) is 11.3. The predicted molar refractivity (Wildman–Crippen MR) is 116 cm³/mol. The van der Waals surface area contributed by atoms with Crippen molar-refractivity contribution in [3.05, 3.63) is 48.4 Å². The maximum Gasteiger partial charge on any atom is 0.165 e. The zero-order valence-electron chi connectivity index (χ0n) is 17.7. The minimum atomic E-state index is -0.343. The summed E-state index contributed by atoms with van der Waals surface area (Å²) in [6.45, 7) is 2.83. The fourth-order valence-electron chi connectivity index (χ4n) is 3.87. The number of unbranched alkanes of at least 4 members (excludes halogenated alkanes) is 5. The molecule has 1 aromatic carbocycles. The van der Waals surface area contributed by atoms with Gasteiger partial charge in [0.2, 0.25) is 0 Å². The van der Waals surface area contributed by atoms with Crippen LogP contribution in [0.3, 0.4) is 0 Å². The summed E-state index contributed by atoms with van der Waals surface area (Å²) in [5, 5.41) is 0. The van der Waals surface area contributed by atoms with E-state index in [1.807, 2.05) is 18.5 Å². The number of ether oxygens (including phenoxy) is 1. The highest BCUT2D eigenvalue weighted by atomic mass is 19.1. The van der Waals surface area contributed by atoms with E-state index in [2.05, 4.69) is 23.3 Å². The Kier molecular flexibility index (Phi) is 8.91. The molecule has 2 aromatic rings. The Morgan fingerprint density at radius 2 is 1.72 bits per heavy atom. The normalized spacial score (nSPS) is 14.8. The molecule has 1 radical (unpaired) electrons. The van der Waals surface area contributed by atoms with E-state index in [4.69, 9.17) is 4.74 Å². The van der Waals surface area contributed by atoms with Crippen molar-refractivity contribution in [3.8, 4) is 17.1 Å². The Balaban J connectivity index is 1.49. The second-order valence-corrected chi connectivity index (χ2v) is 8.20. The maximum absolute atomic E-state index is 14.5. The molecule has 0 N–H and O–H groups in total. The molecule has 0 unspecified atom stereocenters. The number of hydrogen-bond donors (Lipinski definition) is 0. The van der Waals surface area contributed by atoms with Crippen molar-refractivity contribution in [2.45, 2.75) is 77.6 Å². The highest BCUT2D eigenvalue weighted by molar-refractivity contribution is 5.56. The highest BCUT2D eigenvalue weighted by Gasteiger charge is 2.15. The van der Waals surface area contributed by atoms with Crippen molar-refractivity contribution in [1.82, 2.24) is 9.97 Å². The largest absolute Gasteiger partial charge is 0.490 e. The van der Waals surface area contributed by atoms with Gasteiger partial charge in [-0.1, -0.05) is 39.0 Å². The summed E-state index contributed by atoms with van der Waals surface area (Å²) in [5.74, 6) is 1.07. The summed E-state index contributed by atoms with van der Waals surface area (Å²) in [6, 6.07) is 5.02. The van der Waals surface area contributed by atoms with Crippen LogP contribution in [0.5, 0.6) is 5.75 Å². The van der Waals surface area contributed by atoms with Crippen LogP contribution in [0.25, 0.3) is 11.4 Å². The van der Waals surface area contributed by atoms with Gasteiger partial charge < -0.3 is 4.74 Å². The first kappa shape index (κ1) is 21.7. The maximum atomic E-state index is 14.5. The van der Waals surface area contributed by atoms with E-state index in [1.54, 1.807) is 6.07 Å². The Morgan fingerprint density at radius 3 is 2.45 bits per heavy atom. The van der Waals surface area contributed by atoms with E-state index in [0.29, 0.717) is 29.7 Å². The topological polar surface area (TPSA) is 35.0 Å². The molecular weight excluding hydrogens is 363 g/mol. The first-order chi connectivity index (χ1) is 14.3. The number of halogens is 1. The number of hydrogen-bond acceptors (Lipinski definition) is 3. The molecule has 1 aliphatic rings. The van der Waals surface area contributed by atoms with E-state index >= 15 is 0 Å². The predicted octanol–water partition coefficient (Wildman–Crippen LogP) is 6.96. The number of rotatable bonds is 11. The number of aryl methyl sites for hydroxylation is 1. The van der Waals surface area contributed by atoms with Gasteiger partial charge in [-0.15, -0.1) is 0 Å². The van der Waals surface area contributed by atoms with Crippen LogP contribution in [0.15, 0.2) is 30.6 Å². The van der Waals surface area contributed by atoms with Gasteiger partial charge in [0.25, 0.3) is 0 Å². The van der Waals surface area contributed by atoms with Crippen LogP contribution >= 0.6 is 0 Å². The minimum Gasteiger partial charge on any atom is -0.490 e. The molecule has 0 saturated heterocycles. The van der Waals surface area contributed by atoms with Gasteiger partial charge in [-0.25, -0.2) is 14.4 Å². The van der Waals surface area contributed by atoms with Gasteiger partial charge in [0.05, 0.1) is 6.61 Å². The SMILES string of the molecule is CCCCCCCCc1cnc(-c2ccc(OCC3CC[CH]CC3)c(F)c2)nc1. The first-order valence-electron chi connectivity index (χ1n) is 11.3. The molecule has 3 rings (SSSR count). The van der Waals surface area contributed by atoms with Crippen LogP contribution in [0.1, 0.15) is 76.7 Å². The standard InChI is InChI=1S/C25H34FN2O/c1-2-3-4-5-6-8-13-21-17-27-25(28-18-21)22-14-15-24(23(26)16-22)29-19-20-11-9-7-10-12-20/h7,14-18,20H,2-6,8-13,19H2,1H3. The van der Waals surface area contributed by atoms with Crippen LogP contribution in [0, 0.1) is 18.2 Å². The van der Waals surface area contributed by atoms with Gasteiger partial charge >= 0.3 is 0 Å². The fraction of sp³-hybridized carbons (Fsp3) is 0.560. The second-order valence-electron chi connectivity index (χ2n) is 8.20. The van der Waals surface area contributed by atoms with Gasteiger partial charge in [0.15, 0.2) is 17.4 Å². The van der Waals surface area contributed by atoms with E-state index in [0.717, 1.165) is 37.7 Å². The van der Waals surface area contributed by atoms with E-state index < -0.39 is 0 Å². The summed E-state index contributed by atoms with van der Waals surface area (Å²) >= 11 is 0. The summed E-state index contributed by atoms with van der Waals surface area (Å²) in [5.41, 5.74) is 1.84. The van der Waals surface area contributed by atoms with Gasteiger partial charge in [-0.3, -0.25) is 0 Å². The molecule has 1 saturated carbocycles. The van der Waals surface area contributed by atoms with Crippen LogP contribution in [0.4, 0.5) is 4.39 Å². The lowest BCUT2D eigenvalue weighted by atomic mass is 9.90. The van der Waals surface area contributed by atoms with Gasteiger partial charge in [0, 0.05) is 18.0 Å². The smallest absolute Gasteiger partial charge is 0.165 e. The van der Waals surface area contributed by atoms with E-state index in [9.17, 15) is 4.39 Å². The Labute approximate surface area is 175 Å². The van der Waals surface area contributed by atoms with Crippen molar-refractivity contribution in [1.29, 1.82) is 0 Å². The second kappa shape index (κ2) is 11.9. The number of aromatic nitrogens is 2. The lowest BCUT2D eigenvalue weighted by Crippen LogP contribution is -2.15. The lowest BCUT2D eigenvalue weighted by Gasteiger charge is -2.21. The molecule has 1 aliphatic carbocycles. The lowest BCUT2D eigenvalue weighted by molar-refractivity contribution is 0.213. The highest BCUT2D eigenvalue weighted by Crippen LogP contribution is 2.27. The molecule has 0 bridgehead atoms. The van der Waals surface area contributed by atoms with Gasteiger partial charge in [-0.05, 0) is 74.6 Å². The fourth-order valence-corrected chi connectivity index (χ4v) is 3.87. The molecular formula is C25H34FN2O. The van der Waals surface area contributed by atoms with Gasteiger partial charge in [-0.2, -0.15) is 0 Å². The third-order valence-corrected chi connectivity index (χ3v) is 5.75. The van der Waals surface area contributed by atoms with E-state index in [-0.39, 0.29) is 5.82 Å². The molecule has 1 aromatic heterocycles. The summed E-state index contributed by atoms with van der Waals surface area (Å²) in [4.78, 5) is 8.89. The summed E-state index contributed by atoms with van der Waals surface area (Å²) in [7, 11) is 0. The monoisotopic (exact) mass is 397 g/mol. The quantitative estimate of drug-likeness (QED) is 0.384. The number of nitrogens with zero attached hydrogens (tertiary/aromatic N) is 2. The van der Waals surface area contributed by atoms with Gasteiger partial charge in [0.1, 0.15) is 0 Å².